The first kappa shape index (κ1) is 15.0. The van der Waals surface area contributed by atoms with Crippen LogP contribution >= 0.6 is 11.3 Å². The van der Waals surface area contributed by atoms with Gasteiger partial charge in [0.05, 0.1) is 10.2 Å². The predicted octanol–water partition coefficient (Wildman–Crippen LogP) is 3.25. The zero-order valence-corrected chi connectivity index (χ0v) is 14.1. The van der Waals surface area contributed by atoms with Crippen LogP contribution < -0.4 is 10.2 Å². The Morgan fingerprint density at radius 2 is 2.08 bits per heavy atom. The molecule has 0 spiro atoms. The van der Waals surface area contributed by atoms with E-state index in [0.29, 0.717) is 10.8 Å². The fourth-order valence-corrected chi connectivity index (χ4v) is 3.83. The summed E-state index contributed by atoms with van der Waals surface area (Å²) < 4.78 is 1.06. The highest BCUT2D eigenvalue weighted by Crippen LogP contribution is 2.28. The van der Waals surface area contributed by atoms with Crippen molar-refractivity contribution >= 4 is 38.4 Å². The van der Waals surface area contributed by atoms with Gasteiger partial charge in [-0.05, 0) is 31.4 Å². The standard InChI is InChI=1S/C17H17N5OS/c1-11-5-4-6-13-15(11)20-17(24-13)21-16(23)12-9-14(19-10-18-12)22-7-2-3-8-22/h4-6,9-10H,2-3,7-8H2,1H3,(H,20,21,23). The average molecular weight is 339 g/mol. The van der Waals surface area contributed by atoms with Crippen LogP contribution in [0.5, 0.6) is 0 Å². The maximum atomic E-state index is 12.5. The van der Waals surface area contributed by atoms with Gasteiger partial charge in [0, 0.05) is 19.2 Å². The van der Waals surface area contributed by atoms with Crippen molar-refractivity contribution < 1.29 is 4.79 Å². The maximum Gasteiger partial charge on any atom is 0.276 e. The lowest BCUT2D eigenvalue weighted by atomic mass is 10.2. The average Bonchev–Trinajstić information content (AvgIpc) is 3.25. The van der Waals surface area contributed by atoms with Crippen LogP contribution in [0, 0.1) is 6.92 Å². The first-order chi connectivity index (χ1) is 11.7. The van der Waals surface area contributed by atoms with Crippen molar-refractivity contribution in [3.05, 3.63) is 41.9 Å². The third-order valence-corrected chi connectivity index (χ3v) is 5.09. The number of carbonyl (C=O) groups is 1. The van der Waals surface area contributed by atoms with Crippen LogP contribution in [0.3, 0.4) is 0 Å². The van der Waals surface area contributed by atoms with E-state index in [1.165, 1.54) is 17.7 Å². The number of amides is 1. The molecule has 0 radical (unpaired) electrons. The van der Waals surface area contributed by atoms with Crippen LogP contribution in [0.4, 0.5) is 10.9 Å². The van der Waals surface area contributed by atoms with E-state index in [9.17, 15) is 4.79 Å². The van der Waals surface area contributed by atoms with Gasteiger partial charge in [-0.1, -0.05) is 23.5 Å². The second kappa shape index (κ2) is 6.16. The number of anilines is 2. The number of rotatable bonds is 3. The van der Waals surface area contributed by atoms with E-state index in [1.54, 1.807) is 6.07 Å². The number of hydrogen-bond acceptors (Lipinski definition) is 6. The van der Waals surface area contributed by atoms with Crippen LogP contribution in [0.25, 0.3) is 10.2 Å². The van der Waals surface area contributed by atoms with Crippen LogP contribution in [-0.2, 0) is 0 Å². The Hall–Kier alpha value is -2.54. The van der Waals surface area contributed by atoms with Gasteiger partial charge in [0.1, 0.15) is 17.8 Å². The zero-order valence-electron chi connectivity index (χ0n) is 13.3. The molecule has 1 aromatic carbocycles. The summed E-state index contributed by atoms with van der Waals surface area (Å²) in [6.07, 6.45) is 3.78. The van der Waals surface area contributed by atoms with Crippen molar-refractivity contribution in [1.82, 2.24) is 15.0 Å². The number of fused-ring (bicyclic) bond motifs is 1. The minimum Gasteiger partial charge on any atom is -0.357 e. The van der Waals surface area contributed by atoms with Gasteiger partial charge >= 0.3 is 0 Å². The van der Waals surface area contributed by atoms with E-state index in [0.717, 1.165) is 47.5 Å². The number of nitrogens with one attached hydrogen (secondary N) is 1. The molecule has 3 aromatic rings. The summed E-state index contributed by atoms with van der Waals surface area (Å²) in [5.74, 6) is 0.558. The molecule has 0 unspecified atom stereocenters. The Labute approximate surface area is 143 Å². The molecule has 1 amide bonds. The molecule has 0 saturated carbocycles. The lowest BCUT2D eigenvalue weighted by molar-refractivity contribution is 0.102. The molecule has 7 heteroatoms. The van der Waals surface area contributed by atoms with E-state index in [1.807, 2.05) is 25.1 Å². The predicted molar refractivity (Wildman–Crippen MR) is 95.8 cm³/mol. The second-order valence-corrected chi connectivity index (χ2v) is 6.88. The molecule has 2 aromatic heterocycles. The summed E-state index contributed by atoms with van der Waals surface area (Å²) in [5, 5.41) is 3.44. The second-order valence-electron chi connectivity index (χ2n) is 5.85. The van der Waals surface area contributed by atoms with Crippen LogP contribution in [0.1, 0.15) is 28.9 Å². The monoisotopic (exact) mass is 339 g/mol. The Kier molecular flexibility index (Phi) is 3.86. The molecule has 1 aliphatic rings. The van der Waals surface area contributed by atoms with Gasteiger partial charge in [-0.2, -0.15) is 0 Å². The number of aromatic nitrogens is 3. The summed E-state index contributed by atoms with van der Waals surface area (Å²) >= 11 is 1.47. The minimum absolute atomic E-state index is 0.255. The molecule has 0 atom stereocenters. The molecule has 1 aliphatic heterocycles. The lowest BCUT2D eigenvalue weighted by Gasteiger charge is -2.16. The van der Waals surface area contributed by atoms with E-state index >= 15 is 0 Å². The van der Waals surface area contributed by atoms with Gasteiger partial charge in [-0.25, -0.2) is 15.0 Å². The van der Waals surface area contributed by atoms with Crippen molar-refractivity contribution in [2.45, 2.75) is 19.8 Å². The third kappa shape index (κ3) is 2.82. The summed E-state index contributed by atoms with van der Waals surface area (Å²) in [5.41, 5.74) is 2.39. The third-order valence-electron chi connectivity index (χ3n) is 4.16. The number of benzene rings is 1. The summed E-state index contributed by atoms with van der Waals surface area (Å²) in [6.45, 7) is 3.98. The van der Waals surface area contributed by atoms with Crippen LogP contribution in [0.2, 0.25) is 0 Å². The van der Waals surface area contributed by atoms with Crippen molar-refractivity contribution in [3.63, 3.8) is 0 Å². The smallest absolute Gasteiger partial charge is 0.276 e. The minimum atomic E-state index is -0.255. The molecule has 4 rings (SSSR count). The molecule has 3 heterocycles. The van der Waals surface area contributed by atoms with Crippen molar-refractivity contribution in [2.75, 3.05) is 23.3 Å². The van der Waals surface area contributed by atoms with Gasteiger partial charge in [0.15, 0.2) is 5.13 Å². The van der Waals surface area contributed by atoms with Crippen LogP contribution in [0.15, 0.2) is 30.6 Å². The molecule has 1 N–H and O–H groups in total. The quantitative estimate of drug-likeness (QED) is 0.793. The molecule has 24 heavy (non-hydrogen) atoms. The number of nitrogens with zero attached hydrogens (tertiary/aromatic N) is 4. The molecule has 0 bridgehead atoms. The normalized spacial score (nSPS) is 14.3. The van der Waals surface area contributed by atoms with Gasteiger partial charge in [-0.3, -0.25) is 10.1 Å². The number of carbonyl (C=O) groups excluding carboxylic acids is 1. The molecular weight excluding hydrogens is 322 g/mol. The maximum absolute atomic E-state index is 12.5. The summed E-state index contributed by atoms with van der Waals surface area (Å²) in [7, 11) is 0. The SMILES string of the molecule is Cc1cccc2sc(NC(=O)c3cc(N4CCCC4)ncn3)nc12. The fourth-order valence-electron chi connectivity index (χ4n) is 2.89. The number of hydrogen-bond donors (Lipinski definition) is 1. The van der Waals surface area contributed by atoms with Gasteiger partial charge in [0.2, 0.25) is 0 Å². The number of thiazole rings is 1. The van der Waals surface area contributed by atoms with Gasteiger partial charge in [0.25, 0.3) is 5.91 Å². The Bertz CT molecular complexity index is 901. The summed E-state index contributed by atoms with van der Waals surface area (Å²) in [6, 6.07) is 7.76. The first-order valence-corrected chi connectivity index (χ1v) is 8.77. The van der Waals surface area contributed by atoms with E-state index < -0.39 is 0 Å². The van der Waals surface area contributed by atoms with E-state index in [-0.39, 0.29) is 5.91 Å². The molecule has 1 fully saturated rings. The summed E-state index contributed by atoms with van der Waals surface area (Å²) in [4.78, 5) is 27.6. The highest BCUT2D eigenvalue weighted by atomic mass is 32.1. The topological polar surface area (TPSA) is 71.0 Å². The Morgan fingerprint density at radius 1 is 1.25 bits per heavy atom. The molecular formula is C17H17N5OS. The molecule has 6 nitrogen and oxygen atoms in total. The van der Waals surface area contributed by atoms with E-state index in [2.05, 4.69) is 25.2 Å². The molecule has 1 saturated heterocycles. The van der Waals surface area contributed by atoms with Crippen molar-refractivity contribution in [1.29, 1.82) is 0 Å². The number of aryl methyl sites for hydroxylation is 1. The first-order valence-electron chi connectivity index (χ1n) is 7.95. The highest BCUT2D eigenvalue weighted by molar-refractivity contribution is 7.22. The largest absolute Gasteiger partial charge is 0.357 e. The van der Waals surface area contributed by atoms with Crippen molar-refractivity contribution in [2.24, 2.45) is 0 Å². The van der Waals surface area contributed by atoms with Gasteiger partial charge in [-0.15, -0.1) is 0 Å². The van der Waals surface area contributed by atoms with Gasteiger partial charge < -0.3 is 4.90 Å². The van der Waals surface area contributed by atoms with E-state index in [4.69, 9.17) is 0 Å². The lowest BCUT2D eigenvalue weighted by Crippen LogP contribution is -2.21. The van der Waals surface area contributed by atoms with Crippen molar-refractivity contribution in [3.8, 4) is 0 Å². The Balaban J connectivity index is 1.57. The number of para-hydroxylation sites is 1. The fraction of sp³-hybridized carbons (Fsp3) is 0.294. The highest BCUT2D eigenvalue weighted by Gasteiger charge is 2.17. The molecule has 122 valence electrons. The van der Waals surface area contributed by atoms with Crippen LogP contribution in [-0.4, -0.2) is 33.9 Å². The Morgan fingerprint density at radius 3 is 2.88 bits per heavy atom. The zero-order chi connectivity index (χ0) is 16.5. The molecule has 0 aliphatic carbocycles.